The molecule has 2 fully saturated rings. The Balaban J connectivity index is 1.21. The Morgan fingerprint density at radius 3 is 2.52 bits per heavy atom. The maximum Gasteiger partial charge on any atom is 0.416 e. The van der Waals surface area contributed by atoms with E-state index < -0.39 is 34.6 Å². The first-order chi connectivity index (χ1) is 24.8. The number of halogens is 3. The van der Waals surface area contributed by atoms with Crippen molar-refractivity contribution in [3.05, 3.63) is 117 Å². The van der Waals surface area contributed by atoms with E-state index in [0.29, 0.717) is 57.1 Å². The third kappa shape index (κ3) is 6.93. The molecular weight excluding hydrogens is 667 g/mol. The molecule has 0 amide bonds. The molecule has 2 bridgehead atoms. The number of benzene rings is 3. The number of allylic oxidation sites excluding steroid dienone is 2. The van der Waals surface area contributed by atoms with Gasteiger partial charge in [0.2, 0.25) is 0 Å². The number of aliphatic hydroxyl groups excluding tert-OH is 1. The largest absolute Gasteiger partial charge is 0.416 e. The first-order valence-corrected chi connectivity index (χ1v) is 18.6. The van der Waals surface area contributed by atoms with Crippen molar-refractivity contribution in [3.8, 4) is 0 Å². The highest BCUT2D eigenvalue weighted by Crippen LogP contribution is 2.59. The van der Waals surface area contributed by atoms with E-state index >= 15 is 0 Å². The molecule has 4 aliphatic rings. The van der Waals surface area contributed by atoms with Crippen molar-refractivity contribution in [1.29, 1.82) is 0 Å². The molecule has 8 rings (SSSR count). The molecule has 3 aliphatic carbocycles. The summed E-state index contributed by atoms with van der Waals surface area (Å²) >= 11 is 0. The van der Waals surface area contributed by atoms with Crippen LogP contribution in [0.2, 0.25) is 0 Å². The third-order valence-electron chi connectivity index (χ3n) is 12.4. The van der Waals surface area contributed by atoms with Crippen LogP contribution in [0.25, 0.3) is 11.0 Å². The number of carbonyl (C=O) groups is 1. The zero-order valence-electron chi connectivity index (χ0n) is 29.9. The summed E-state index contributed by atoms with van der Waals surface area (Å²) in [5.41, 5.74) is 1.91. The minimum absolute atomic E-state index is 0.0411. The molecule has 7 nitrogen and oxygen atoms in total. The van der Waals surface area contributed by atoms with Crippen molar-refractivity contribution in [2.45, 2.75) is 101 Å². The first kappa shape index (κ1) is 36.4. The van der Waals surface area contributed by atoms with Gasteiger partial charge < -0.3 is 20.1 Å². The van der Waals surface area contributed by atoms with E-state index in [4.69, 9.17) is 0 Å². The predicted molar refractivity (Wildman–Crippen MR) is 196 cm³/mol. The fraction of sp³-hybridized carbons (Fsp3) is 0.476. The summed E-state index contributed by atoms with van der Waals surface area (Å²) in [6.07, 6.45) is 2.57. The second kappa shape index (κ2) is 14.1. The molecule has 3 aromatic carbocycles. The molecule has 3 N–H and O–H groups in total. The Morgan fingerprint density at radius 1 is 0.981 bits per heavy atom. The molecule has 1 saturated heterocycles. The van der Waals surface area contributed by atoms with Crippen LogP contribution in [-0.4, -0.2) is 61.8 Å². The number of aromatic nitrogens is 2. The Kier molecular flexibility index (Phi) is 9.86. The normalized spacial score (nSPS) is 26.6. The lowest BCUT2D eigenvalue weighted by Crippen LogP contribution is -2.54. The highest BCUT2D eigenvalue weighted by Gasteiger charge is 2.57. The second-order valence-corrected chi connectivity index (χ2v) is 15.7. The van der Waals surface area contributed by atoms with Gasteiger partial charge in [0.15, 0.2) is 5.78 Å². The average Bonchev–Trinajstić information content (AvgIpc) is 3.58. The number of hydrogen-bond acceptors (Lipinski definition) is 5. The minimum Gasteiger partial charge on any atom is -0.393 e. The minimum atomic E-state index is -4.59. The number of fused-ring (bicyclic) bond motifs is 9. The predicted octanol–water partition coefficient (Wildman–Crippen LogP) is 7.96. The Morgan fingerprint density at radius 2 is 1.75 bits per heavy atom. The van der Waals surface area contributed by atoms with Crippen LogP contribution in [0.15, 0.2) is 83.2 Å². The molecule has 276 valence electrons. The maximum atomic E-state index is 14.3. The quantitative estimate of drug-likeness (QED) is 0.144. The van der Waals surface area contributed by atoms with Gasteiger partial charge in [-0.2, -0.15) is 13.2 Å². The molecule has 2 heterocycles. The molecule has 4 atom stereocenters. The fourth-order valence-corrected chi connectivity index (χ4v) is 9.33. The lowest BCUT2D eigenvalue weighted by atomic mass is 9.64. The monoisotopic (exact) mass is 715 g/mol. The number of imidazole rings is 1. The summed E-state index contributed by atoms with van der Waals surface area (Å²) in [5, 5.41) is 23.7. The number of nitrogens with zero attached hydrogens (tertiary/aromatic N) is 2. The molecule has 1 aliphatic heterocycles. The van der Waals surface area contributed by atoms with Crippen molar-refractivity contribution < 1.29 is 28.2 Å². The summed E-state index contributed by atoms with van der Waals surface area (Å²) in [5.74, 6) is -0.729. The standard InChI is InChI=1S/C42H48F3N3O4/c1-27-7-6-19-40(2)35(16-20-41(40,52)26-47-21-17-31(18-22-47)48-37-11-4-3-10-36(37)46-39(48)51)33-15-13-28(23-32(49)14-12-27)24-34(33)38(50)29-8-5-9-30(25-29)42(43,44)45/h3-5,7-11,13,15,24-25,31-32,35,49,52H,6,12,14,16-23,26H2,1-2H3,(H,46,51)/t32-,35-,40-,41+/m0/s1. The van der Waals surface area contributed by atoms with E-state index in [1.54, 1.807) is 6.07 Å². The molecule has 1 aromatic heterocycles. The van der Waals surface area contributed by atoms with Gasteiger partial charge in [0, 0.05) is 42.2 Å². The number of alkyl halides is 3. The topological polar surface area (TPSA) is 98.6 Å². The molecular formula is C42H48F3N3O4. The summed E-state index contributed by atoms with van der Waals surface area (Å²) in [6, 6.07) is 17.9. The molecule has 0 radical (unpaired) electrons. The lowest BCUT2D eigenvalue weighted by molar-refractivity contribution is -0.137. The SMILES string of the molecule is CC1=CCC[C@@]2(C)[C@@H](CC[C@@]2(O)CN2CCC(n3c(=O)[nH]c4ccccc43)CC2)c2ccc(cc2C(=O)c2cccc(C(F)(F)F)c2)C[C@@H](O)CC1. The summed E-state index contributed by atoms with van der Waals surface area (Å²) in [7, 11) is 0. The van der Waals surface area contributed by atoms with Gasteiger partial charge in [-0.05, 0) is 112 Å². The van der Waals surface area contributed by atoms with Crippen LogP contribution in [0.5, 0.6) is 0 Å². The number of aromatic amines is 1. The first-order valence-electron chi connectivity index (χ1n) is 18.6. The summed E-state index contributed by atoms with van der Waals surface area (Å²) in [6.45, 7) is 6.07. The lowest BCUT2D eigenvalue weighted by Gasteiger charge is -2.47. The van der Waals surface area contributed by atoms with Gasteiger partial charge >= 0.3 is 11.9 Å². The smallest absolute Gasteiger partial charge is 0.393 e. The van der Waals surface area contributed by atoms with Crippen LogP contribution in [0.3, 0.4) is 0 Å². The molecule has 52 heavy (non-hydrogen) atoms. The number of hydrogen-bond donors (Lipinski definition) is 3. The van der Waals surface area contributed by atoms with E-state index in [-0.39, 0.29) is 23.2 Å². The number of piperidine rings is 1. The van der Waals surface area contributed by atoms with Gasteiger partial charge in [-0.15, -0.1) is 0 Å². The van der Waals surface area contributed by atoms with Gasteiger partial charge in [0.25, 0.3) is 0 Å². The van der Waals surface area contributed by atoms with Gasteiger partial charge in [0.1, 0.15) is 0 Å². The Labute approximate surface area is 302 Å². The number of rotatable bonds is 5. The zero-order valence-corrected chi connectivity index (χ0v) is 29.9. The van der Waals surface area contributed by atoms with Crippen molar-refractivity contribution in [2.75, 3.05) is 19.6 Å². The van der Waals surface area contributed by atoms with Crippen molar-refractivity contribution in [1.82, 2.24) is 14.5 Å². The van der Waals surface area contributed by atoms with Crippen molar-refractivity contribution in [3.63, 3.8) is 0 Å². The third-order valence-corrected chi connectivity index (χ3v) is 12.4. The Hall–Kier alpha value is -3.99. The molecule has 10 heteroatoms. The number of H-pyrrole nitrogens is 1. The molecule has 0 unspecified atom stereocenters. The van der Waals surface area contributed by atoms with E-state index in [2.05, 4.69) is 29.8 Å². The molecule has 4 aromatic rings. The number of β-amino-alcohol motifs (C(OH)–C–C–N with tert-alkyl or cyclic N) is 1. The van der Waals surface area contributed by atoms with Gasteiger partial charge in [0.05, 0.1) is 28.3 Å². The van der Waals surface area contributed by atoms with Crippen LogP contribution < -0.4 is 5.69 Å². The number of para-hydroxylation sites is 2. The highest BCUT2D eigenvalue weighted by atomic mass is 19.4. The number of carbonyl (C=O) groups excluding carboxylic acids is 1. The van der Waals surface area contributed by atoms with Gasteiger partial charge in [-0.3, -0.25) is 9.36 Å². The Bertz CT molecular complexity index is 2040. The van der Waals surface area contributed by atoms with Crippen LogP contribution in [0.1, 0.15) is 110 Å². The summed E-state index contributed by atoms with van der Waals surface area (Å²) < 4.78 is 43.0. The maximum absolute atomic E-state index is 14.3. The van der Waals surface area contributed by atoms with E-state index in [0.717, 1.165) is 60.2 Å². The van der Waals surface area contributed by atoms with E-state index in [1.165, 1.54) is 17.7 Å². The van der Waals surface area contributed by atoms with E-state index in [9.17, 15) is 33.0 Å². The fourth-order valence-electron chi connectivity index (χ4n) is 9.33. The van der Waals surface area contributed by atoms with Crippen LogP contribution >= 0.6 is 0 Å². The second-order valence-electron chi connectivity index (χ2n) is 15.7. The van der Waals surface area contributed by atoms with Crippen LogP contribution in [-0.2, 0) is 12.6 Å². The average molecular weight is 716 g/mol. The number of nitrogens with one attached hydrogen (secondary N) is 1. The molecule has 1 saturated carbocycles. The van der Waals surface area contributed by atoms with E-state index in [1.807, 2.05) is 41.0 Å². The van der Waals surface area contributed by atoms with Gasteiger partial charge in [-0.25, -0.2) is 4.79 Å². The molecule has 0 spiro atoms. The summed E-state index contributed by atoms with van der Waals surface area (Å²) in [4.78, 5) is 32.5. The highest BCUT2D eigenvalue weighted by molar-refractivity contribution is 6.10. The number of ketones is 1. The van der Waals surface area contributed by atoms with Gasteiger partial charge in [-0.1, -0.05) is 55.0 Å². The van der Waals surface area contributed by atoms with Crippen molar-refractivity contribution >= 4 is 16.8 Å². The number of likely N-dealkylation sites (tertiary alicyclic amines) is 1. The number of aliphatic hydroxyl groups is 2. The van der Waals surface area contributed by atoms with Crippen LogP contribution in [0, 0.1) is 5.41 Å². The zero-order chi connectivity index (χ0) is 36.8. The van der Waals surface area contributed by atoms with Crippen LogP contribution in [0.4, 0.5) is 13.2 Å². The van der Waals surface area contributed by atoms with Crippen molar-refractivity contribution in [2.24, 2.45) is 5.41 Å².